The van der Waals surface area contributed by atoms with Gasteiger partial charge in [-0.2, -0.15) is 5.10 Å². The van der Waals surface area contributed by atoms with Crippen molar-refractivity contribution in [3.8, 4) is 5.82 Å². The van der Waals surface area contributed by atoms with Crippen LogP contribution in [0, 0.1) is 13.8 Å². The van der Waals surface area contributed by atoms with E-state index in [9.17, 15) is 0 Å². The third kappa shape index (κ3) is 2.41. The number of aromatic nitrogens is 4. The van der Waals surface area contributed by atoms with Crippen molar-refractivity contribution in [3.63, 3.8) is 0 Å². The summed E-state index contributed by atoms with van der Waals surface area (Å²) in [7, 11) is 0. The van der Waals surface area contributed by atoms with Gasteiger partial charge in [-0.15, -0.1) is 0 Å². The Hall–Kier alpha value is -1.75. The fourth-order valence-electron chi connectivity index (χ4n) is 1.95. The van der Waals surface area contributed by atoms with Gasteiger partial charge in [-0.3, -0.25) is 4.98 Å². The van der Waals surface area contributed by atoms with Crippen LogP contribution in [0.1, 0.15) is 29.9 Å². The number of rotatable bonds is 4. The predicted octanol–water partition coefficient (Wildman–Crippen LogP) is 1.53. The number of nitrogens with zero attached hydrogens (tertiary/aromatic N) is 4. The number of hydrogen-bond donors (Lipinski definition) is 1. The van der Waals surface area contributed by atoms with Crippen molar-refractivity contribution < 1.29 is 0 Å². The van der Waals surface area contributed by atoms with E-state index in [4.69, 9.17) is 0 Å². The van der Waals surface area contributed by atoms with Crippen LogP contribution in [0.3, 0.4) is 0 Å². The lowest BCUT2D eigenvalue weighted by molar-refractivity contribution is 0.669. The van der Waals surface area contributed by atoms with Crippen LogP contribution in [0.2, 0.25) is 0 Å². The first-order chi connectivity index (χ1) is 8.72. The Labute approximate surface area is 106 Å². The Morgan fingerprint density at radius 2 is 2.11 bits per heavy atom. The molecule has 5 heteroatoms. The summed E-state index contributed by atoms with van der Waals surface area (Å²) in [6.07, 6.45) is 6.18. The van der Waals surface area contributed by atoms with E-state index in [0.29, 0.717) is 6.04 Å². The van der Waals surface area contributed by atoms with Gasteiger partial charge in [-0.05, 0) is 32.8 Å². The third-order valence-corrected chi connectivity index (χ3v) is 3.07. The summed E-state index contributed by atoms with van der Waals surface area (Å²) in [5.41, 5.74) is 3.05. The molecular weight excluding hydrogens is 226 g/mol. The molecule has 0 bridgehead atoms. The minimum atomic E-state index is 0.697. The minimum Gasteiger partial charge on any atom is -0.308 e. The van der Waals surface area contributed by atoms with Crippen molar-refractivity contribution in [1.82, 2.24) is 25.1 Å². The maximum Gasteiger partial charge on any atom is 0.172 e. The second-order valence-electron chi connectivity index (χ2n) is 4.86. The molecule has 1 saturated carbocycles. The summed E-state index contributed by atoms with van der Waals surface area (Å²) in [6.45, 7) is 4.80. The molecule has 2 aromatic rings. The Balaban J connectivity index is 1.75. The van der Waals surface area contributed by atoms with Crippen LogP contribution in [-0.4, -0.2) is 25.8 Å². The molecule has 3 rings (SSSR count). The van der Waals surface area contributed by atoms with Crippen molar-refractivity contribution in [2.45, 2.75) is 39.3 Å². The SMILES string of the molecule is Cc1cc(C)n(-c2cnc(CNC3CC3)cn2)n1. The third-order valence-electron chi connectivity index (χ3n) is 3.07. The van der Waals surface area contributed by atoms with Gasteiger partial charge in [0.1, 0.15) is 0 Å². The van der Waals surface area contributed by atoms with Crippen LogP contribution >= 0.6 is 0 Å². The zero-order chi connectivity index (χ0) is 12.5. The average Bonchev–Trinajstić information content (AvgIpc) is 3.13. The van der Waals surface area contributed by atoms with Gasteiger partial charge >= 0.3 is 0 Å². The molecule has 1 N–H and O–H groups in total. The van der Waals surface area contributed by atoms with E-state index in [2.05, 4.69) is 20.4 Å². The molecule has 1 fully saturated rings. The van der Waals surface area contributed by atoms with Crippen LogP contribution in [0.4, 0.5) is 0 Å². The van der Waals surface area contributed by atoms with E-state index in [1.165, 1.54) is 12.8 Å². The summed E-state index contributed by atoms with van der Waals surface area (Å²) >= 11 is 0. The van der Waals surface area contributed by atoms with Gasteiger partial charge < -0.3 is 5.32 Å². The van der Waals surface area contributed by atoms with Gasteiger partial charge in [0.05, 0.1) is 23.8 Å². The number of hydrogen-bond acceptors (Lipinski definition) is 4. The van der Waals surface area contributed by atoms with Gasteiger partial charge in [-0.25, -0.2) is 9.67 Å². The highest BCUT2D eigenvalue weighted by Gasteiger charge is 2.20. The first-order valence-electron chi connectivity index (χ1n) is 6.30. The standard InChI is InChI=1S/C13H17N5/c1-9-5-10(2)18(17-9)13-8-15-12(7-16-13)6-14-11-3-4-11/h5,7-8,11,14H,3-4,6H2,1-2H3. The highest BCUT2D eigenvalue weighted by Crippen LogP contribution is 2.19. The van der Waals surface area contributed by atoms with Crippen molar-refractivity contribution in [3.05, 3.63) is 35.5 Å². The molecule has 0 spiro atoms. The quantitative estimate of drug-likeness (QED) is 0.884. The van der Waals surface area contributed by atoms with E-state index >= 15 is 0 Å². The second-order valence-corrected chi connectivity index (χ2v) is 4.86. The molecule has 0 aliphatic heterocycles. The van der Waals surface area contributed by atoms with Crippen molar-refractivity contribution in [2.75, 3.05) is 0 Å². The van der Waals surface area contributed by atoms with Crippen LogP contribution in [-0.2, 0) is 6.54 Å². The summed E-state index contributed by atoms with van der Waals surface area (Å²) in [6, 6.07) is 2.73. The van der Waals surface area contributed by atoms with E-state index in [0.717, 1.165) is 29.4 Å². The fraction of sp³-hybridized carbons (Fsp3) is 0.462. The molecule has 0 aromatic carbocycles. The molecule has 1 aliphatic carbocycles. The van der Waals surface area contributed by atoms with Crippen molar-refractivity contribution in [2.24, 2.45) is 0 Å². The summed E-state index contributed by atoms with van der Waals surface area (Å²) in [5.74, 6) is 0.774. The van der Waals surface area contributed by atoms with Crippen LogP contribution < -0.4 is 5.32 Å². The Morgan fingerprint density at radius 3 is 2.67 bits per heavy atom. The highest BCUT2D eigenvalue weighted by molar-refractivity contribution is 5.23. The number of nitrogens with one attached hydrogen (secondary N) is 1. The Kier molecular flexibility index (Phi) is 2.83. The van der Waals surface area contributed by atoms with Gasteiger partial charge in [-0.1, -0.05) is 0 Å². The molecule has 5 nitrogen and oxygen atoms in total. The average molecular weight is 243 g/mol. The highest BCUT2D eigenvalue weighted by atomic mass is 15.3. The van der Waals surface area contributed by atoms with Crippen molar-refractivity contribution >= 4 is 0 Å². The minimum absolute atomic E-state index is 0.697. The monoisotopic (exact) mass is 243 g/mol. The molecule has 1 aliphatic rings. The van der Waals surface area contributed by atoms with Crippen LogP contribution in [0.5, 0.6) is 0 Å². The molecule has 0 atom stereocenters. The maximum absolute atomic E-state index is 4.42. The molecule has 0 radical (unpaired) electrons. The predicted molar refractivity (Wildman–Crippen MR) is 68.5 cm³/mol. The molecule has 18 heavy (non-hydrogen) atoms. The summed E-state index contributed by atoms with van der Waals surface area (Å²) in [4.78, 5) is 8.84. The first kappa shape index (κ1) is 11.3. The topological polar surface area (TPSA) is 55.6 Å². The van der Waals surface area contributed by atoms with Gasteiger partial charge in [0.2, 0.25) is 0 Å². The van der Waals surface area contributed by atoms with Crippen LogP contribution in [0.25, 0.3) is 5.82 Å². The molecule has 2 aromatic heterocycles. The van der Waals surface area contributed by atoms with E-state index in [-0.39, 0.29) is 0 Å². The molecule has 0 amide bonds. The Morgan fingerprint density at radius 1 is 1.28 bits per heavy atom. The van der Waals surface area contributed by atoms with E-state index in [1.807, 2.05) is 30.8 Å². The second kappa shape index (κ2) is 4.49. The molecule has 2 heterocycles. The number of aryl methyl sites for hydroxylation is 2. The zero-order valence-electron chi connectivity index (χ0n) is 10.7. The largest absolute Gasteiger partial charge is 0.308 e. The normalized spacial score (nSPS) is 15.0. The van der Waals surface area contributed by atoms with Crippen molar-refractivity contribution in [1.29, 1.82) is 0 Å². The fourth-order valence-corrected chi connectivity index (χ4v) is 1.95. The zero-order valence-corrected chi connectivity index (χ0v) is 10.7. The summed E-state index contributed by atoms with van der Waals surface area (Å²) < 4.78 is 1.82. The van der Waals surface area contributed by atoms with Crippen LogP contribution in [0.15, 0.2) is 18.5 Å². The van der Waals surface area contributed by atoms with E-state index in [1.54, 1.807) is 6.20 Å². The molecule has 0 saturated heterocycles. The van der Waals surface area contributed by atoms with Gasteiger partial charge in [0.15, 0.2) is 5.82 Å². The summed E-state index contributed by atoms with van der Waals surface area (Å²) in [5, 5.41) is 7.82. The molecule has 0 unspecified atom stereocenters. The van der Waals surface area contributed by atoms with Gasteiger partial charge in [0.25, 0.3) is 0 Å². The molecular formula is C13H17N5. The Bertz CT molecular complexity index is 539. The smallest absolute Gasteiger partial charge is 0.172 e. The lowest BCUT2D eigenvalue weighted by Crippen LogP contribution is -2.16. The lowest BCUT2D eigenvalue weighted by Gasteiger charge is -2.05. The first-order valence-corrected chi connectivity index (χ1v) is 6.30. The lowest BCUT2D eigenvalue weighted by atomic mass is 10.4. The van der Waals surface area contributed by atoms with E-state index < -0.39 is 0 Å². The maximum atomic E-state index is 4.42. The van der Waals surface area contributed by atoms with Gasteiger partial charge in [0, 0.05) is 18.3 Å². The molecule has 94 valence electrons.